The third-order valence-corrected chi connectivity index (χ3v) is 5.25. The van der Waals surface area contributed by atoms with Gasteiger partial charge in [0.1, 0.15) is 0 Å². The molecule has 1 saturated heterocycles. The van der Waals surface area contributed by atoms with Crippen LogP contribution in [0.25, 0.3) is 0 Å². The highest BCUT2D eigenvalue weighted by Crippen LogP contribution is 2.34. The average molecular weight is 307 g/mol. The minimum absolute atomic E-state index is 0.00201. The lowest BCUT2D eigenvalue weighted by Gasteiger charge is -2.28. The summed E-state index contributed by atoms with van der Waals surface area (Å²) in [5.74, 6) is -0.0557. The van der Waals surface area contributed by atoms with E-state index in [9.17, 15) is 9.59 Å². The number of amides is 2. The Labute approximate surface area is 128 Å². The number of thiophene rings is 1. The Morgan fingerprint density at radius 1 is 1.38 bits per heavy atom. The lowest BCUT2D eigenvalue weighted by Crippen LogP contribution is -2.50. The van der Waals surface area contributed by atoms with Crippen molar-refractivity contribution in [1.29, 1.82) is 0 Å². The van der Waals surface area contributed by atoms with Gasteiger partial charge in [-0.2, -0.15) is 0 Å². The normalized spacial score (nSPS) is 21.7. The molecule has 1 unspecified atom stereocenters. The Bertz CT molecular complexity index is 523. The molecule has 114 valence electrons. The standard InChI is InChI=1S/C15H21N3O2S/c19-14(18-7-5-16-6-8-18)10-17-15(20)12-2-1-3-13-11(12)4-9-21-13/h4,9,12,16H,1-3,5-8,10H2,(H,17,20). The predicted octanol–water partition coefficient (Wildman–Crippen LogP) is 0.716. The quantitative estimate of drug-likeness (QED) is 0.865. The van der Waals surface area contributed by atoms with Crippen molar-refractivity contribution in [2.45, 2.75) is 25.2 Å². The first kappa shape index (κ1) is 14.5. The van der Waals surface area contributed by atoms with Crippen LogP contribution in [-0.2, 0) is 16.0 Å². The number of carbonyl (C=O) groups excluding carboxylic acids is 2. The lowest BCUT2D eigenvalue weighted by molar-refractivity contribution is -0.133. The predicted molar refractivity (Wildman–Crippen MR) is 82.5 cm³/mol. The van der Waals surface area contributed by atoms with E-state index in [1.54, 1.807) is 11.3 Å². The molecule has 0 radical (unpaired) electrons. The fraction of sp³-hybridized carbons (Fsp3) is 0.600. The van der Waals surface area contributed by atoms with E-state index < -0.39 is 0 Å². The van der Waals surface area contributed by atoms with Crippen LogP contribution in [0.3, 0.4) is 0 Å². The third-order valence-electron chi connectivity index (χ3n) is 4.25. The van der Waals surface area contributed by atoms with Crippen LogP contribution in [0.1, 0.15) is 29.2 Å². The van der Waals surface area contributed by atoms with E-state index in [0.717, 1.165) is 45.4 Å². The van der Waals surface area contributed by atoms with Gasteiger partial charge >= 0.3 is 0 Å². The number of nitrogens with one attached hydrogen (secondary N) is 2. The Hall–Kier alpha value is -1.40. The minimum atomic E-state index is -0.0733. The van der Waals surface area contributed by atoms with E-state index in [1.807, 2.05) is 4.90 Å². The van der Waals surface area contributed by atoms with Gasteiger partial charge in [-0.15, -0.1) is 11.3 Å². The van der Waals surface area contributed by atoms with Crippen LogP contribution in [0.2, 0.25) is 0 Å². The van der Waals surface area contributed by atoms with Crippen molar-refractivity contribution in [1.82, 2.24) is 15.5 Å². The summed E-state index contributed by atoms with van der Waals surface area (Å²) >= 11 is 1.73. The van der Waals surface area contributed by atoms with Crippen LogP contribution in [0.5, 0.6) is 0 Å². The molecule has 1 aromatic rings. The van der Waals surface area contributed by atoms with Gasteiger partial charge in [-0.05, 0) is 36.3 Å². The minimum Gasteiger partial charge on any atom is -0.347 e. The molecule has 1 aliphatic carbocycles. The molecule has 0 aromatic carbocycles. The van der Waals surface area contributed by atoms with Crippen LogP contribution < -0.4 is 10.6 Å². The van der Waals surface area contributed by atoms with E-state index in [1.165, 1.54) is 10.4 Å². The van der Waals surface area contributed by atoms with Gasteiger partial charge in [0.2, 0.25) is 11.8 Å². The molecule has 2 aliphatic rings. The first-order valence-corrected chi connectivity index (χ1v) is 8.46. The largest absolute Gasteiger partial charge is 0.347 e. The Morgan fingerprint density at radius 3 is 3.00 bits per heavy atom. The third kappa shape index (κ3) is 3.27. The molecule has 2 heterocycles. The summed E-state index contributed by atoms with van der Waals surface area (Å²) in [5.41, 5.74) is 1.17. The highest BCUT2D eigenvalue weighted by molar-refractivity contribution is 7.10. The number of fused-ring (bicyclic) bond motifs is 1. The number of hydrogen-bond donors (Lipinski definition) is 2. The molecular weight excluding hydrogens is 286 g/mol. The zero-order valence-corrected chi connectivity index (χ0v) is 12.9. The van der Waals surface area contributed by atoms with Crippen LogP contribution in [0, 0.1) is 0 Å². The van der Waals surface area contributed by atoms with Gasteiger partial charge in [-0.25, -0.2) is 0 Å². The molecule has 1 fully saturated rings. The molecule has 6 heteroatoms. The monoisotopic (exact) mass is 307 g/mol. The summed E-state index contributed by atoms with van der Waals surface area (Å²) in [6.45, 7) is 3.25. The summed E-state index contributed by atoms with van der Waals surface area (Å²) < 4.78 is 0. The van der Waals surface area contributed by atoms with E-state index in [4.69, 9.17) is 0 Å². The van der Waals surface area contributed by atoms with Gasteiger partial charge in [0, 0.05) is 31.1 Å². The molecule has 1 atom stereocenters. The molecule has 1 aromatic heterocycles. The van der Waals surface area contributed by atoms with Gasteiger partial charge in [-0.3, -0.25) is 9.59 Å². The molecular formula is C15H21N3O2S. The molecule has 2 amide bonds. The van der Waals surface area contributed by atoms with Crippen molar-refractivity contribution in [3.63, 3.8) is 0 Å². The molecule has 21 heavy (non-hydrogen) atoms. The molecule has 3 rings (SSSR count). The van der Waals surface area contributed by atoms with Crippen LogP contribution in [0.15, 0.2) is 11.4 Å². The topological polar surface area (TPSA) is 61.4 Å². The van der Waals surface area contributed by atoms with Crippen molar-refractivity contribution in [3.05, 3.63) is 21.9 Å². The number of piperazine rings is 1. The molecule has 1 aliphatic heterocycles. The second-order valence-corrected chi connectivity index (χ2v) is 6.59. The Kier molecular flexibility index (Phi) is 4.55. The summed E-state index contributed by atoms with van der Waals surface area (Å²) in [6.07, 6.45) is 3.02. The molecule has 0 saturated carbocycles. The zero-order valence-electron chi connectivity index (χ0n) is 12.1. The van der Waals surface area contributed by atoms with Gasteiger partial charge in [0.25, 0.3) is 0 Å². The van der Waals surface area contributed by atoms with Gasteiger partial charge in [0.15, 0.2) is 0 Å². The zero-order chi connectivity index (χ0) is 14.7. The van der Waals surface area contributed by atoms with E-state index in [-0.39, 0.29) is 24.3 Å². The maximum Gasteiger partial charge on any atom is 0.242 e. The highest BCUT2D eigenvalue weighted by Gasteiger charge is 2.27. The number of rotatable bonds is 3. The van der Waals surface area contributed by atoms with Crippen molar-refractivity contribution >= 4 is 23.2 Å². The first-order valence-electron chi connectivity index (χ1n) is 7.58. The molecule has 0 bridgehead atoms. The van der Waals surface area contributed by atoms with Crippen LogP contribution in [0.4, 0.5) is 0 Å². The van der Waals surface area contributed by atoms with E-state index in [0.29, 0.717) is 0 Å². The molecule has 5 nitrogen and oxygen atoms in total. The number of nitrogens with zero attached hydrogens (tertiary/aromatic N) is 1. The van der Waals surface area contributed by atoms with Crippen LogP contribution >= 0.6 is 11.3 Å². The smallest absolute Gasteiger partial charge is 0.242 e. The van der Waals surface area contributed by atoms with Crippen molar-refractivity contribution in [2.24, 2.45) is 0 Å². The molecule has 2 N–H and O–H groups in total. The SMILES string of the molecule is O=C(NCC(=O)N1CCNCC1)C1CCCc2sccc21. The number of aryl methyl sites for hydroxylation is 1. The second kappa shape index (κ2) is 6.58. The Balaban J connectivity index is 1.54. The first-order chi connectivity index (χ1) is 10.3. The number of hydrogen-bond acceptors (Lipinski definition) is 4. The van der Waals surface area contributed by atoms with Crippen LogP contribution in [-0.4, -0.2) is 49.4 Å². The Morgan fingerprint density at radius 2 is 2.19 bits per heavy atom. The van der Waals surface area contributed by atoms with Crippen molar-refractivity contribution in [2.75, 3.05) is 32.7 Å². The average Bonchev–Trinajstić information content (AvgIpc) is 3.01. The second-order valence-electron chi connectivity index (χ2n) is 5.59. The van der Waals surface area contributed by atoms with E-state index in [2.05, 4.69) is 22.1 Å². The molecule has 0 spiro atoms. The van der Waals surface area contributed by atoms with Gasteiger partial charge in [0.05, 0.1) is 12.5 Å². The maximum absolute atomic E-state index is 12.4. The van der Waals surface area contributed by atoms with Crippen molar-refractivity contribution < 1.29 is 9.59 Å². The lowest BCUT2D eigenvalue weighted by atomic mass is 9.87. The fourth-order valence-corrected chi connectivity index (χ4v) is 4.06. The fourth-order valence-electron chi connectivity index (χ4n) is 3.07. The van der Waals surface area contributed by atoms with E-state index >= 15 is 0 Å². The summed E-state index contributed by atoms with van der Waals surface area (Å²) in [5, 5.41) is 8.11. The van der Waals surface area contributed by atoms with Gasteiger partial charge in [-0.1, -0.05) is 0 Å². The number of carbonyl (C=O) groups is 2. The highest BCUT2D eigenvalue weighted by atomic mass is 32.1. The summed E-state index contributed by atoms with van der Waals surface area (Å²) in [7, 11) is 0. The summed E-state index contributed by atoms with van der Waals surface area (Å²) in [4.78, 5) is 27.6. The van der Waals surface area contributed by atoms with Crippen molar-refractivity contribution in [3.8, 4) is 0 Å². The maximum atomic E-state index is 12.4. The van der Waals surface area contributed by atoms with Gasteiger partial charge < -0.3 is 15.5 Å². The summed E-state index contributed by atoms with van der Waals surface area (Å²) in [6, 6.07) is 2.06.